The summed E-state index contributed by atoms with van der Waals surface area (Å²) < 4.78 is 5.47. The van der Waals surface area contributed by atoms with E-state index in [1.807, 2.05) is 7.05 Å². The molecule has 1 aromatic heterocycles. The summed E-state index contributed by atoms with van der Waals surface area (Å²) >= 11 is 0. The molecular formula is C25H34IN5O. The number of nitrogens with zero attached hydrogens (tertiary/aromatic N) is 2. The summed E-state index contributed by atoms with van der Waals surface area (Å²) in [5.74, 6) is 0.830. The van der Waals surface area contributed by atoms with E-state index in [1.54, 1.807) is 0 Å². The first-order chi connectivity index (χ1) is 15.2. The molecule has 0 radical (unpaired) electrons. The molecule has 32 heavy (non-hydrogen) atoms. The van der Waals surface area contributed by atoms with Gasteiger partial charge in [0.2, 0.25) is 0 Å². The van der Waals surface area contributed by atoms with Crippen molar-refractivity contribution in [2.24, 2.45) is 4.99 Å². The molecular weight excluding hydrogens is 513 g/mol. The molecule has 6 nitrogen and oxygen atoms in total. The first kappa shape index (κ1) is 24.5. The lowest BCUT2D eigenvalue weighted by Gasteiger charge is -2.27. The number of aromatic nitrogens is 1. The number of morpholine rings is 1. The molecule has 0 aliphatic carbocycles. The minimum Gasteiger partial charge on any atom is -0.379 e. The number of nitrogens with one attached hydrogen (secondary N) is 3. The molecule has 2 heterocycles. The summed E-state index contributed by atoms with van der Waals surface area (Å²) in [5.41, 5.74) is 6.48. The molecule has 0 saturated carbocycles. The molecule has 1 aliphatic heterocycles. The van der Waals surface area contributed by atoms with E-state index in [-0.39, 0.29) is 24.0 Å². The first-order valence-electron chi connectivity index (χ1n) is 11.1. The maximum atomic E-state index is 5.47. The molecule has 1 fully saturated rings. The maximum Gasteiger partial charge on any atom is 0.191 e. The lowest BCUT2D eigenvalue weighted by molar-refractivity contribution is 0.0341. The molecule has 1 saturated heterocycles. The van der Waals surface area contributed by atoms with Crippen LogP contribution >= 0.6 is 24.0 Å². The Kier molecular flexibility index (Phi) is 9.37. The van der Waals surface area contributed by atoms with Gasteiger partial charge in [0.05, 0.1) is 13.2 Å². The Morgan fingerprint density at radius 1 is 1.06 bits per heavy atom. The standard InChI is InChI=1S/C25H33N5O.HI/c1-19-7-8-23-21(17-28-24(23)15-19)9-10-27-25(26-2)29-16-20-5-3-4-6-22(20)18-30-11-13-31-14-12-30;/h3-8,15,17,28H,9-14,16,18H2,1-2H3,(H2,26,27,29);1H. The van der Waals surface area contributed by atoms with Crippen LogP contribution in [-0.4, -0.2) is 55.7 Å². The highest BCUT2D eigenvalue weighted by molar-refractivity contribution is 14.0. The van der Waals surface area contributed by atoms with Crippen LogP contribution in [0.2, 0.25) is 0 Å². The smallest absolute Gasteiger partial charge is 0.191 e. The number of benzene rings is 2. The van der Waals surface area contributed by atoms with Crippen LogP contribution in [0.25, 0.3) is 10.9 Å². The Hall–Kier alpha value is -2.10. The van der Waals surface area contributed by atoms with Crippen molar-refractivity contribution < 1.29 is 4.74 Å². The molecule has 172 valence electrons. The van der Waals surface area contributed by atoms with Gasteiger partial charge in [0, 0.05) is 56.9 Å². The molecule has 7 heteroatoms. The van der Waals surface area contributed by atoms with Crippen molar-refractivity contribution in [3.8, 4) is 0 Å². The van der Waals surface area contributed by atoms with Crippen LogP contribution < -0.4 is 10.6 Å². The van der Waals surface area contributed by atoms with Crippen molar-refractivity contribution in [2.45, 2.75) is 26.4 Å². The predicted molar refractivity (Wildman–Crippen MR) is 143 cm³/mol. The fraction of sp³-hybridized carbons (Fsp3) is 0.400. The molecule has 0 atom stereocenters. The van der Waals surface area contributed by atoms with E-state index >= 15 is 0 Å². The van der Waals surface area contributed by atoms with E-state index in [0.717, 1.165) is 58.3 Å². The monoisotopic (exact) mass is 547 g/mol. The third-order valence-corrected chi connectivity index (χ3v) is 5.90. The Morgan fingerprint density at radius 3 is 2.62 bits per heavy atom. The molecule has 4 rings (SSSR count). The average Bonchev–Trinajstić information content (AvgIpc) is 3.19. The number of hydrogen-bond donors (Lipinski definition) is 3. The molecule has 0 unspecified atom stereocenters. The fourth-order valence-corrected chi connectivity index (χ4v) is 4.11. The highest BCUT2D eigenvalue weighted by atomic mass is 127. The second kappa shape index (κ2) is 12.2. The summed E-state index contributed by atoms with van der Waals surface area (Å²) in [7, 11) is 1.82. The number of ether oxygens (including phenoxy) is 1. The summed E-state index contributed by atoms with van der Waals surface area (Å²) in [6.45, 7) is 8.32. The summed E-state index contributed by atoms with van der Waals surface area (Å²) in [4.78, 5) is 10.2. The van der Waals surface area contributed by atoms with Gasteiger partial charge in [-0.1, -0.05) is 36.4 Å². The Labute approximate surface area is 207 Å². The fourth-order valence-electron chi connectivity index (χ4n) is 4.11. The summed E-state index contributed by atoms with van der Waals surface area (Å²) in [5, 5.41) is 8.23. The first-order valence-corrected chi connectivity index (χ1v) is 11.1. The van der Waals surface area contributed by atoms with E-state index in [4.69, 9.17) is 4.74 Å². The van der Waals surface area contributed by atoms with Crippen molar-refractivity contribution in [1.82, 2.24) is 20.5 Å². The number of H-pyrrole nitrogens is 1. The number of guanidine groups is 1. The number of fused-ring (bicyclic) bond motifs is 1. The SMILES string of the molecule is CN=C(NCCc1c[nH]c2cc(C)ccc12)NCc1ccccc1CN1CCOCC1.I. The van der Waals surface area contributed by atoms with Gasteiger partial charge in [-0.3, -0.25) is 9.89 Å². The second-order valence-electron chi connectivity index (χ2n) is 8.12. The largest absolute Gasteiger partial charge is 0.379 e. The zero-order valence-corrected chi connectivity index (χ0v) is 21.3. The highest BCUT2D eigenvalue weighted by Crippen LogP contribution is 2.19. The van der Waals surface area contributed by atoms with Gasteiger partial charge < -0.3 is 20.4 Å². The molecule has 0 bridgehead atoms. The summed E-state index contributed by atoms with van der Waals surface area (Å²) in [6, 6.07) is 15.2. The third kappa shape index (κ3) is 6.46. The predicted octanol–water partition coefficient (Wildman–Crippen LogP) is 3.83. The van der Waals surface area contributed by atoms with Gasteiger partial charge in [-0.2, -0.15) is 0 Å². The average molecular weight is 547 g/mol. The number of aliphatic imine (C=N–C) groups is 1. The van der Waals surface area contributed by atoms with Gasteiger partial charge in [-0.05, 0) is 41.7 Å². The van der Waals surface area contributed by atoms with Crippen molar-refractivity contribution in [2.75, 3.05) is 39.9 Å². The molecule has 0 spiro atoms. The molecule has 2 aromatic carbocycles. The Morgan fingerprint density at radius 2 is 1.84 bits per heavy atom. The van der Waals surface area contributed by atoms with E-state index in [2.05, 4.69) is 81.1 Å². The van der Waals surface area contributed by atoms with Gasteiger partial charge in [0.25, 0.3) is 0 Å². The van der Waals surface area contributed by atoms with E-state index in [1.165, 1.54) is 33.2 Å². The van der Waals surface area contributed by atoms with Gasteiger partial charge in [0.15, 0.2) is 5.96 Å². The van der Waals surface area contributed by atoms with Crippen LogP contribution in [0, 0.1) is 6.92 Å². The van der Waals surface area contributed by atoms with Gasteiger partial charge >= 0.3 is 0 Å². The van der Waals surface area contributed by atoms with E-state index in [0.29, 0.717) is 0 Å². The van der Waals surface area contributed by atoms with E-state index < -0.39 is 0 Å². The number of rotatable bonds is 7. The lowest BCUT2D eigenvalue weighted by atomic mass is 10.1. The van der Waals surface area contributed by atoms with Gasteiger partial charge in [0.1, 0.15) is 0 Å². The number of aromatic amines is 1. The van der Waals surface area contributed by atoms with E-state index in [9.17, 15) is 0 Å². The van der Waals surface area contributed by atoms with Crippen LogP contribution in [0.15, 0.2) is 53.7 Å². The van der Waals surface area contributed by atoms with Crippen molar-refractivity contribution >= 4 is 40.8 Å². The minimum absolute atomic E-state index is 0. The topological polar surface area (TPSA) is 64.7 Å². The van der Waals surface area contributed by atoms with Crippen LogP contribution in [0.3, 0.4) is 0 Å². The highest BCUT2D eigenvalue weighted by Gasteiger charge is 2.13. The summed E-state index contributed by atoms with van der Waals surface area (Å²) in [6.07, 6.45) is 3.06. The van der Waals surface area contributed by atoms with Crippen molar-refractivity contribution in [3.63, 3.8) is 0 Å². The molecule has 0 amide bonds. The zero-order valence-electron chi connectivity index (χ0n) is 19.0. The molecule has 3 N–H and O–H groups in total. The van der Waals surface area contributed by atoms with Crippen LogP contribution in [0.4, 0.5) is 0 Å². The van der Waals surface area contributed by atoms with Gasteiger partial charge in [-0.25, -0.2) is 0 Å². The quantitative estimate of drug-likeness (QED) is 0.239. The Balaban J connectivity index is 0.00000289. The number of halogens is 1. The second-order valence-corrected chi connectivity index (χ2v) is 8.12. The van der Waals surface area contributed by atoms with Crippen LogP contribution in [0.1, 0.15) is 22.3 Å². The number of hydrogen-bond acceptors (Lipinski definition) is 3. The molecule has 1 aliphatic rings. The molecule has 3 aromatic rings. The van der Waals surface area contributed by atoms with Gasteiger partial charge in [-0.15, -0.1) is 24.0 Å². The zero-order chi connectivity index (χ0) is 21.5. The lowest BCUT2D eigenvalue weighted by Crippen LogP contribution is -2.38. The van der Waals surface area contributed by atoms with Crippen molar-refractivity contribution in [3.05, 3.63) is 70.9 Å². The van der Waals surface area contributed by atoms with Crippen LogP contribution in [0.5, 0.6) is 0 Å². The third-order valence-electron chi connectivity index (χ3n) is 5.90. The normalized spacial score (nSPS) is 14.9. The minimum atomic E-state index is 0. The number of aryl methyl sites for hydroxylation is 1. The Bertz CT molecular complexity index is 1030. The maximum absolute atomic E-state index is 5.47. The van der Waals surface area contributed by atoms with Crippen LogP contribution in [-0.2, 0) is 24.2 Å². The van der Waals surface area contributed by atoms with Crippen molar-refractivity contribution in [1.29, 1.82) is 0 Å².